The fourth-order valence-electron chi connectivity index (χ4n) is 4.88. The Morgan fingerprint density at radius 1 is 0.960 bits per heavy atom. The second kappa shape index (κ2) is 15.5. The standard InChI is InChI=1S/C37H29F2N5O5S/c1-3-46-37(45)25-10-14-32(42-20-25)50-26-11-13-29(27(18-26)35-41-15-16-44(35)2)48-34-28(38)21-43-36(33(34)39)49-31-17-24(19-40)9-12-30(31)47-22-23-7-5-4-6-8-23/h4-14,17-18,20-21H,3,15-16,22H2,1-2H3. The third kappa shape index (κ3) is 7.82. The van der Waals surface area contributed by atoms with E-state index >= 15 is 8.78 Å². The minimum atomic E-state index is -1.20. The summed E-state index contributed by atoms with van der Waals surface area (Å²) in [5, 5.41) is 10.1. The second-order valence-corrected chi connectivity index (χ2v) is 11.9. The molecule has 10 nitrogen and oxygen atoms in total. The fraction of sp³-hybridized carbons (Fsp3) is 0.162. The van der Waals surface area contributed by atoms with Gasteiger partial charge in [0.05, 0.1) is 42.1 Å². The Balaban J connectivity index is 1.28. The summed E-state index contributed by atoms with van der Waals surface area (Å²) < 4.78 is 53.9. The number of hydrogen-bond acceptors (Lipinski definition) is 11. The molecular formula is C37H29F2N5O5S. The molecule has 0 fully saturated rings. The van der Waals surface area contributed by atoms with Crippen molar-refractivity contribution in [2.24, 2.45) is 4.99 Å². The van der Waals surface area contributed by atoms with Crippen LogP contribution in [0.5, 0.6) is 28.9 Å². The van der Waals surface area contributed by atoms with Crippen molar-refractivity contribution in [1.29, 1.82) is 5.26 Å². The minimum absolute atomic E-state index is 0.0110. The second-order valence-electron chi connectivity index (χ2n) is 10.8. The van der Waals surface area contributed by atoms with Gasteiger partial charge in [0.25, 0.3) is 5.88 Å². The molecule has 13 heteroatoms. The van der Waals surface area contributed by atoms with Crippen LogP contribution in [0.1, 0.15) is 34.0 Å². The molecule has 2 aromatic heterocycles. The van der Waals surface area contributed by atoms with Crippen molar-refractivity contribution in [3.63, 3.8) is 0 Å². The van der Waals surface area contributed by atoms with Crippen LogP contribution >= 0.6 is 11.8 Å². The Hall–Kier alpha value is -6.00. The quantitative estimate of drug-likeness (QED) is 0.120. The monoisotopic (exact) mass is 693 g/mol. The van der Waals surface area contributed by atoms with Crippen LogP contribution in [0.3, 0.4) is 0 Å². The van der Waals surface area contributed by atoms with E-state index in [2.05, 4.69) is 15.0 Å². The van der Waals surface area contributed by atoms with Gasteiger partial charge in [-0.15, -0.1) is 0 Å². The summed E-state index contributed by atoms with van der Waals surface area (Å²) >= 11 is 1.32. The highest BCUT2D eigenvalue weighted by Crippen LogP contribution is 2.39. The summed E-state index contributed by atoms with van der Waals surface area (Å²) in [6, 6.07) is 24.3. The average molecular weight is 694 g/mol. The Labute approximate surface area is 290 Å². The van der Waals surface area contributed by atoms with Gasteiger partial charge in [-0.05, 0) is 55.0 Å². The van der Waals surface area contributed by atoms with Crippen LogP contribution in [0.4, 0.5) is 8.78 Å². The third-order valence-electron chi connectivity index (χ3n) is 7.35. The number of halogens is 2. The summed E-state index contributed by atoms with van der Waals surface area (Å²) in [6.45, 7) is 3.35. The number of rotatable bonds is 12. The molecule has 0 saturated heterocycles. The largest absolute Gasteiger partial charge is 0.485 e. The zero-order valence-corrected chi connectivity index (χ0v) is 27.7. The first kappa shape index (κ1) is 33.9. The number of nitrogens with zero attached hydrogens (tertiary/aromatic N) is 5. The van der Waals surface area contributed by atoms with Crippen molar-refractivity contribution in [3.8, 4) is 34.9 Å². The zero-order chi connectivity index (χ0) is 35.0. The molecule has 0 bridgehead atoms. The van der Waals surface area contributed by atoms with Crippen LogP contribution in [0, 0.1) is 23.0 Å². The lowest BCUT2D eigenvalue weighted by Crippen LogP contribution is -2.24. The van der Waals surface area contributed by atoms with Gasteiger partial charge in [0.1, 0.15) is 23.2 Å². The molecule has 0 radical (unpaired) electrons. The van der Waals surface area contributed by atoms with Gasteiger partial charge in [-0.2, -0.15) is 9.65 Å². The van der Waals surface area contributed by atoms with E-state index in [0.717, 1.165) is 16.7 Å². The number of aliphatic imine (C=N–C) groups is 1. The summed E-state index contributed by atoms with van der Waals surface area (Å²) in [4.78, 5) is 27.5. The van der Waals surface area contributed by atoms with E-state index in [1.807, 2.05) is 48.3 Å². The van der Waals surface area contributed by atoms with E-state index in [4.69, 9.17) is 18.9 Å². The smallest absolute Gasteiger partial charge is 0.339 e. The van der Waals surface area contributed by atoms with Crippen LogP contribution in [-0.4, -0.2) is 53.4 Å². The number of likely N-dealkylation sites (N-methyl/N-ethyl adjacent to an activating group) is 1. The van der Waals surface area contributed by atoms with E-state index < -0.39 is 29.2 Å². The molecule has 252 valence electrons. The Morgan fingerprint density at radius 2 is 1.78 bits per heavy atom. The number of carbonyl (C=O) groups excluding carboxylic acids is 1. The molecule has 0 atom stereocenters. The lowest BCUT2D eigenvalue weighted by molar-refractivity contribution is 0.0525. The summed E-state index contributed by atoms with van der Waals surface area (Å²) in [7, 11) is 1.86. The first-order valence-corrected chi connectivity index (χ1v) is 16.3. The van der Waals surface area contributed by atoms with Crippen LogP contribution < -0.4 is 14.2 Å². The maximum absolute atomic E-state index is 16.0. The molecule has 0 aliphatic carbocycles. The van der Waals surface area contributed by atoms with Gasteiger partial charge in [-0.25, -0.2) is 19.2 Å². The van der Waals surface area contributed by atoms with Gasteiger partial charge in [-0.3, -0.25) is 4.99 Å². The molecular weight excluding hydrogens is 664 g/mol. The highest BCUT2D eigenvalue weighted by molar-refractivity contribution is 7.99. The number of carbonyl (C=O) groups is 1. The Bertz CT molecular complexity index is 2090. The maximum atomic E-state index is 16.0. The van der Waals surface area contributed by atoms with Crippen LogP contribution in [0.15, 0.2) is 106 Å². The lowest BCUT2D eigenvalue weighted by Gasteiger charge is -2.19. The molecule has 0 unspecified atom stereocenters. The van der Waals surface area contributed by atoms with Crippen LogP contribution in [0.25, 0.3) is 0 Å². The first-order valence-electron chi connectivity index (χ1n) is 15.4. The summed E-state index contributed by atoms with van der Waals surface area (Å²) in [5.74, 6) is -3.08. The molecule has 0 amide bonds. The maximum Gasteiger partial charge on any atom is 0.339 e. The highest BCUT2D eigenvalue weighted by Gasteiger charge is 2.25. The van der Waals surface area contributed by atoms with Crippen molar-refractivity contribution in [1.82, 2.24) is 14.9 Å². The molecule has 6 rings (SSSR count). The van der Waals surface area contributed by atoms with Crippen molar-refractivity contribution in [2.45, 2.75) is 23.5 Å². The fourth-order valence-corrected chi connectivity index (χ4v) is 5.68. The number of esters is 1. The number of amidine groups is 1. The zero-order valence-electron chi connectivity index (χ0n) is 26.9. The topological polar surface area (TPSA) is 119 Å². The third-order valence-corrected chi connectivity index (χ3v) is 8.29. The van der Waals surface area contributed by atoms with Gasteiger partial charge in [0, 0.05) is 30.8 Å². The van der Waals surface area contributed by atoms with E-state index in [1.54, 1.807) is 37.3 Å². The molecule has 3 aromatic carbocycles. The lowest BCUT2D eigenvalue weighted by atomic mass is 10.1. The van der Waals surface area contributed by atoms with E-state index in [9.17, 15) is 10.1 Å². The molecule has 0 saturated carbocycles. The molecule has 3 heterocycles. The predicted molar refractivity (Wildman–Crippen MR) is 181 cm³/mol. The van der Waals surface area contributed by atoms with Crippen LogP contribution in [-0.2, 0) is 11.3 Å². The first-order chi connectivity index (χ1) is 24.3. The van der Waals surface area contributed by atoms with E-state index in [-0.39, 0.29) is 36.0 Å². The predicted octanol–water partition coefficient (Wildman–Crippen LogP) is 7.81. The van der Waals surface area contributed by atoms with Gasteiger partial charge < -0.3 is 23.8 Å². The SMILES string of the molecule is CCOC(=O)c1ccc(Sc2ccc(Oc3c(F)cnc(Oc4cc(C#N)ccc4OCc4ccccc4)c3F)c(C3=NCCN3C)c2)nc1. The summed E-state index contributed by atoms with van der Waals surface area (Å²) in [5.41, 5.74) is 1.95. The van der Waals surface area contributed by atoms with Crippen LogP contribution in [0.2, 0.25) is 0 Å². The number of nitriles is 1. The molecule has 1 aliphatic heterocycles. The van der Waals surface area contributed by atoms with Crippen molar-refractivity contribution in [3.05, 3.63) is 125 Å². The summed E-state index contributed by atoms with van der Waals surface area (Å²) in [6.07, 6.45) is 2.23. The molecule has 5 aromatic rings. The molecule has 1 aliphatic rings. The number of hydrogen-bond donors (Lipinski definition) is 0. The number of pyridine rings is 2. The van der Waals surface area contributed by atoms with Crippen molar-refractivity contribution < 1.29 is 32.5 Å². The molecule has 0 N–H and O–H groups in total. The molecule has 50 heavy (non-hydrogen) atoms. The van der Waals surface area contributed by atoms with Gasteiger partial charge in [-0.1, -0.05) is 42.1 Å². The van der Waals surface area contributed by atoms with Gasteiger partial charge in [0.15, 0.2) is 17.3 Å². The Morgan fingerprint density at radius 3 is 2.50 bits per heavy atom. The minimum Gasteiger partial charge on any atom is -0.485 e. The van der Waals surface area contributed by atoms with Gasteiger partial charge in [0.2, 0.25) is 11.6 Å². The average Bonchev–Trinajstić information content (AvgIpc) is 3.57. The normalized spacial score (nSPS) is 12.2. The van der Waals surface area contributed by atoms with Crippen molar-refractivity contribution in [2.75, 3.05) is 26.7 Å². The number of ether oxygens (including phenoxy) is 4. The van der Waals surface area contributed by atoms with E-state index in [1.165, 1.54) is 36.2 Å². The number of benzene rings is 3. The molecule has 0 spiro atoms. The number of aromatic nitrogens is 2. The van der Waals surface area contributed by atoms with Crippen molar-refractivity contribution >= 4 is 23.6 Å². The van der Waals surface area contributed by atoms with E-state index in [0.29, 0.717) is 35.1 Å². The highest BCUT2D eigenvalue weighted by atomic mass is 32.2. The van der Waals surface area contributed by atoms with Gasteiger partial charge >= 0.3 is 5.97 Å². The Kier molecular flexibility index (Phi) is 10.5.